The van der Waals surface area contributed by atoms with Crippen molar-refractivity contribution in [3.63, 3.8) is 0 Å². The number of ether oxygens (including phenoxy) is 1. The zero-order valence-electron chi connectivity index (χ0n) is 18.0. The first-order valence-corrected chi connectivity index (χ1v) is 10.2. The van der Waals surface area contributed by atoms with Gasteiger partial charge in [-0.25, -0.2) is 0 Å². The van der Waals surface area contributed by atoms with Gasteiger partial charge in [-0.1, -0.05) is 24.2 Å². The number of hydrogen-bond donors (Lipinski definition) is 2. The largest absolute Gasteiger partial charge is 0.467 e. The number of nitrogens with one attached hydrogen (secondary N) is 2. The van der Waals surface area contributed by atoms with E-state index in [1.54, 1.807) is 13.3 Å². The second-order valence-electron chi connectivity index (χ2n) is 6.73. The van der Waals surface area contributed by atoms with Crippen molar-refractivity contribution in [1.82, 2.24) is 20.8 Å². The van der Waals surface area contributed by atoms with E-state index in [0.717, 1.165) is 55.5 Å². The molecule has 0 saturated heterocycles. The monoisotopic (exact) mass is 539 g/mol. The molecule has 2 heterocycles. The summed E-state index contributed by atoms with van der Waals surface area (Å²) in [7, 11) is 1.77. The molecule has 3 rings (SSSR count). The van der Waals surface area contributed by atoms with Crippen LogP contribution in [0.1, 0.15) is 30.5 Å². The van der Waals surface area contributed by atoms with Crippen molar-refractivity contribution >= 4 is 29.9 Å². The minimum atomic E-state index is 0. The van der Waals surface area contributed by atoms with Gasteiger partial charge in [0.15, 0.2) is 11.8 Å². The molecule has 0 aliphatic heterocycles. The molecule has 0 spiro atoms. The van der Waals surface area contributed by atoms with Crippen molar-refractivity contribution < 1.29 is 13.7 Å². The lowest BCUT2D eigenvalue weighted by molar-refractivity contribution is 0.105. The number of aliphatic imine (C=N–C) groups is 1. The van der Waals surface area contributed by atoms with E-state index in [0.29, 0.717) is 19.1 Å². The first kappa shape index (κ1) is 24.9. The van der Waals surface area contributed by atoms with Gasteiger partial charge in [-0.2, -0.15) is 4.98 Å². The van der Waals surface area contributed by atoms with Crippen molar-refractivity contribution in [2.75, 3.05) is 26.7 Å². The number of aryl methyl sites for hydroxylation is 1. The zero-order valence-corrected chi connectivity index (χ0v) is 20.3. The minimum absolute atomic E-state index is 0. The highest BCUT2D eigenvalue weighted by Gasteiger charge is 2.07. The van der Waals surface area contributed by atoms with Crippen LogP contribution in [0.15, 0.2) is 56.6 Å². The van der Waals surface area contributed by atoms with Crippen LogP contribution in [0.25, 0.3) is 11.5 Å². The van der Waals surface area contributed by atoms with Gasteiger partial charge in [-0.3, -0.25) is 4.99 Å². The van der Waals surface area contributed by atoms with E-state index in [1.807, 2.05) is 31.2 Å². The summed E-state index contributed by atoms with van der Waals surface area (Å²) in [4.78, 5) is 8.61. The molecule has 9 heteroatoms. The Balaban J connectivity index is 0.00000341. The second kappa shape index (κ2) is 13.8. The van der Waals surface area contributed by atoms with Gasteiger partial charge in [0.05, 0.1) is 6.26 Å². The summed E-state index contributed by atoms with van der Waals surface area (Å²) in [6.45, 7) is 4.75. The topological polar surface area (TPSA) is 97.7 Å². The summed E-state index contributed by atoms with van der Waals surface area (Å²) in [6, 6.07) is 12.0. The van der Waals surface area contributed by atoms with E-state index >= 15 is 0 Å². The predicted octanol–water partition coefficient (Wildman–Crippen LogP) is 3.82. The van der Waals surface area contributed by atoms with Crippen molar-refractivity contribution in [2.24, 2.45) is 4.99 Å². The Kier molecular flexibility index (Phi) is 11.1. The molecule has 0 atom stereocenters. The lowest BCUT2D eigenvalue weighted by Gasteiger charge is -2.12. The Hall–Kier alpha value is -2.40. The first-order valence-electron chi connectivity index (χ1n) is 10.2. The molecular formula is C22H30IN5O3. The van der Waals surface area contributed by atoms with Crippen LogP contribution in [0.3, 0.4) is 0 Å². The number of guanidine groups is 1. The zero-order chi connectivity index (χ0) is 21.0. The fourth-order valence-electron chi connectivity index (χ4n) is 2.82. The van der Waals surface area contributed by atoms with Crippen LogP contribution in [0, 0.1) is 0 Å². The maximum atomic E-state index is 5.57. The van der Waals surface area contributed by atoms with Crippen LogP contribution in [-0.4, -0.2) is 42.8 Å². The molecule has 0 aliphatic carbocycles. The van der Waals surface area contributed by atoms with Gasteiger partial charge in [-0.15, -0.1) is 24.0 Å². The summed E-state index contributed by atoms with van der Waals surface area (Å²) in [5, 5.41) is 10.6. The number of benzene rings is 1. The number of nitrogens with zero attached hydrogens (tertiary/aromatic N) is 3. The van der Waals surface area contributed by atoms with Gasteiger partial charge >= 0.3 is 0 Å². The molecule has 3 aromatic rings. The van der Waals surface area contributed by atoms with Crippen LogP contribution in [-0.2, 0) is 24.2 Å². The van der Waals surface area contributed by atoms with Gasteiger partial charge in [0.2, 0.25) is 0 Å². The van der Waals surface area contributed by atoms with Gasteiger partial charge in [0.1, 0.15) is 12.4 Å². The highest BCUT2D eigenvalue weighted by Crippen LogP contribution is 2.18. The summed E-state index contributed by atoms with van der Waals surface area (Å²) < 4.78 is 16.1. The van der Waals surface area contributed by atoms with Crippen molar-refractivity contribution in [3.8, 4) is 11.5 Å². The molecule has 0 fully saturated rings. The normalized spacial score (nSPS) is 11.2. The first-order chi connectivity index (χ1) is 14.8. The van der Waals surface area contributed by atoms with Crippen molar-refractivity contribution in [1.29, 1.82) is 0 Å². The van der Waals surface area contributed by atoms with E-state index in [4.69, 9.17) is 13.7 Å². The molecule has 0 aliphatic rings. The number of halogens is 1. The van der Waals surface area contributed by atoms with Gasteiger partial charge in [0.25, 0.3) is 5.89 Å². The third kappa shape index (κ3) is 8.33. The molecule has 1 aromatic carbocycles. The molecule has 2 aromatic heterocycles. The minimum Gasteiger partial charge on any atom is -0.467 e. The summed E-state index contributed by atoms with van der Waals surface area (Å²) in [5.74, 6) is 2.92. The van der Waals surface area contributed by atoms with Gasteiger partial charge < -0.3 is 24.3 Å². The van der Waals surface area contributed by atoms with Crippen LogP contribution in [0.2, 0.25) is 0 Å². The van der Waals surface area contributed by atoms with Crippen LogP contribution >= 0.6 is 24.0 Å². The van der Waals surface area contributed by atoms with Gasteiger partial charge in [0, 0.05) is 38.7 Å². The van der Waals surface area contributed by atoms with E-state index in [9.17, 15) is 0 Å². The van der Waals surface area contributed by atoms with E-state index in [2.05, 4.69) is 37.9 Å². The number of rotatable bonds is 11. The summed E-state index contributed by atoms with van der Waals surface area (Å²) >= 11 is 0. The van der Waals surface area contributed by atoms with Crippen LogP contribution in [0.5, 0.6) is 0 Å². The molecule has 31 heavy (non-hydrogen) atoms. The fraction of sp³-hybridized carbons (Fsp3) is 0.409. The smallest absolute Gasteiger partial charge is 0.257 e. The lowest BCUT2D eigenvalue weighted by Crippen LogP contribution is -2.39. The highest BCUT2D eigenvalue weighted by molar-refractivity contribution is 14.0. The number of aromatic nitrogens is 2. The third-order valence-corrected chi connectivity index (χ3v) is 4.50. The molecule has 0 radical (unpaired) electrons. The quantitative estimate of drug-likeness (QED) is 0.166. The fourth-order valence-corrected chi connectivity index (χ4v) is 2.82. The van der Waals surface area contributed by atoms with Gasteiger partial charge in [-0.05, 0) is 42.7 Å². The highest BCUT2D eigenvalue weighted by atomic mass is 127. The lowest BCUT2D eigenvalue weighted by atomic mass is 10.1. The second-order valence-corrected chi connectivity index (χ2v) is 6.73. The van der Waals surface area contributed by atoms with Crippen LogP contribution < -0.4 is 10.6 Å². The Morgan fingerprint density at radius 3 is 2.61 bits per heavy atom. The summed E-state index contributed by atoms with van der Waals surface area (Å²) in [6.07, 6.45) is 4.19. The number of furan rings is 1. The standard InChI is InChI=1S/C22H29N5O3.HI/c1-3-20-26-21(30-27-20)18-9-7-17(8-10-18)11-13-25-22(23-2)24-12-5-14-28-16-19-6-4-15-29-19;/h4,6-10,15H,3,5,11-14,16H2,1-2H3,(H2,23,24,25);1H. The van der Waals surface area contributed by atoms with Crippen LogP contribution in [0.4, 0.5) is 0 Å². The maximum Gasteiger partial charge on any atom is 0.257 e. The average molecular weight is 539 g/mol. The Bertz CT molecular complexity index is 894. The molecule has 2 N–H and O–H groups in total. The summed E-state index contributed by atoms with van der Waals surface area (Å²) in [5.41, 5.74) is 2.16. The molecule has 0 bridgehead atoms. The molecule has 8 nitrogen and oxygen atoms in total. The molecule has 0 unspecified atom stereocenters. The predicted molar refractivity (Wildman–Crippen MR) is 131 cm³/mol. The molecule has 168 valence electrons. The molecule has 0 saturated carbocycles. The Morgan fingerprint density at radius 1 is 1.13 bits per heavy atom. The molecule has 0 amide bonds. The van der Waals surface area contributed by atoms with E-state index in [1.165, 1.54) is 5.56 Å². The van der Waals surface area contributed by atoms with Crippen molar-refractivity contribution in [2.45, 2.75) is 32.8 Å². The molecular weight excluding hydrogens is 509 g/mol. The Morgan fingerprint density at radius 2 is 1.94 bits per heavy atom. The van der Waals surface area contributed by atoms with E-state index in [-0.39, 0.29) is 24.0 Å². The van der Waals surface area contributed by atoms with Crippen molar-refractivity contribution in [3.05, 3.63) is 59.8 Å². The average Bonchev–Trinajstić information content (AvgIpc) is 3.47. The van der Waals surface area contributed by atoms with E-state index < -0.39 is 0 Å². The SMILES string of the molecule is CCc1noc(-c2ccc(CCNC(=NC)NCCCOCc3ccco3)cc2)n1.I. The maximum absolute atomic E-state index is 5.57. The number of hydrogen-bond acceptors (Lipinski definition) is 6. The Labute approximate surface area is 199 Å². The third-order valence-electron chi connectivity index (χ3n) is 4.50.